The predicted octanol–water partition coefficient (Wildman–Crippen LogP) is 5.49. The second kappa shape index (κ2) is 7.97. The molecule has 30 heavy (non-hydrogen) atoms. The molecule has 3 heterocycles. The largest absolute Gasteiger partial charge is 0.495 e. The fraction of sp³-hybridized carbons (Fsp3) is 0.190. The highest BCUT2D eigenvalue weighted by Gasteiger charge is 2.21. The number of ether oxygens (including phenoxy) is 2. The number of amides is 1. The van der Waals surface area contributed by atoms with E-state index in [2.05, 4.69) is 15.5 Å². The van der Waals surface area contributed by atoms with Gasteiger partial charge in [-0.05, 0) is 32.0 Å². The highest BCUT2D eigenvalue weighted by molar-refractivity contribution is 7.15. The van der Waals surface area contributed by atoms with Crippen LogP contribution in [-0.2, 0) is 0 Å². The number of aromatic nitrogens is 2. The molecule has 0 aliphatic heterocycles. The number of thiophene rings is 1. The zero-order valence-electron chi connectivity index (χ0n) is 16.7. The summed E-state index contributed by atoms with van der Waals surface area (Å²) in [5, 5.41) is 7.80. The lowest BCUT2D eigenvalue weighted by molar-refractivity contribution is 0.102. The van der Waals surface area contributed by atoms with Gasteiger partial charge in [0.15, 0.2) is 0 Å². The molecule has 0 fully saturated rings. The summed E-state index contributed by atoms with van der Waals surface area (Å²) in [5.74, 6) is 0.477. The van der Waals surface area contributed by atoms with Gasteiger partial charge in [0.05, 0.1) is 52.1 Å². The third kappa shape index (κ3) is 3.59. The molecule has 0 saturated heterocycles. The number of hydrogen-bond donors (Lipinski definition) is 1. The molecule has 0 unspecified atom stereocenters. The van der Waals surface area contributed by atoms with Gasteiger partial charge in [0.2, 0.25) is 0 Å². The van der Waals surface area contributed by atoms with Gasteiger partial charge in [-0.3, -0.25) is 4.79 Å². The summed E-state index contributed by atoms with van der Waals surface area (Å²) in [6.45, 7) is 3.78. The Morgan fingerprint density at radius 3 is 2.57 bits per heavy atom. The number of fused-ring (bicyclic) bond motifs is 1. The maximum Gasteiger partial charge on any atom is 0.259 e. The molecule has 0 saturated carbocycles. The molecule has 0 radical (unpaired) electrons. The quantitative estimate of drug-likeness (QED) is 0.438. The summed E-state index contributed by atoms with van der Waals surface area (Å²) >= 11 is 7.75. The minimum absolute atomic E-state index is 0.307. The van der Waals surface area contributed by atoms with Crippen molar-refractivity contribution in [2.45, 2.75) is 13.8 Å². The number of aryl methyl sites for hydroxylation is 2. The number of benzene rings is 1. The van der Waals surface area contributed by atoms with Gasteiger partial charge in [-0.1, -0.05) is 16.8 Å². The first-order valence-electron chi connectivity index (χ1n) is 8.98. The van der Waals surface area contributed by atoms with Crippen LogP contribution < -0.4 is 14.8 Å². The normalized spacial score (nSPS) is 11.0. The topological polar surface area (TPSA) is 86.5 Å². The molecule has 0 aliphatic rings. The minimum atomic E-state index is -0.356. The Labute approximate surface area is 181 Å². The molecular formula is C21H18ClN3O4S. The van der Waals surface area contributed by atoms with Crippen LogP contribution >= 0.6 is 22.9 Å². The second-order valence-electron chi connectivity index (χ2n) is 6.55. The van der Waals surface area contributed by atoms with Crippen molar-refractivity contribution in [2.75, 3.05) is 19.5 Å². The maximum atomic E-state index is 13.3. The van der Waals surface area contributed by atoms with Crippen LogP contribution in [0.1, 0.15) is 20.9 Å². The lowest BCUT2D eigenvalue weighted by Gasteiger charge is -2.13. The van der Waals surface area contributed by atoms with E-state index in [1.807, 2.05) is 19.1 Å². The van der Waals surface area contributed by atoms with Crippen LogP contribution in [0.2, 0.25) is 5.02 Å². The number of nitrogens with one attached hydrogen (secondary N) is 1. The molecular weight excluding hydrogens is 426 g/mol. The Hall–Kier alpha value is -3.10. The summed E-state index contributed by atoms with van der Waals surface area (Å²) in [6.07, 6.45) is 0. The summed E-state index contributed by atoms with van der Waals surface area (Å²) in [6, 6.07) is 8.91. The number of methoxy groups -OCH3 is 2. The molecule has 0 bridgehead atoms. The number of halogens is 1. The highest BCUT2D eigenvalue weighted by Crippen LogP contribution is 2.37. The summed E-state index contributed by atoms with van der Waals surface area (Å²) in [5.41, 5.74) is 2.36. The first kappa shape index (κ1) is 20.2. The standard InChI is InChI=1S/C21H18ClN3O4S/c1-10-5-6-18(30-10)15-7-12(19-11(2)25-29-21(19)24-15)20(26)23-14-9-16(27-3)13(22)8-17(14)28-4/h5-9H,1-4H3,(H,23,26). The molecule has 4 rings (SSSR count). The van der Waals surface area contributed by atoms with Gasteiger partial charge in [-0.2, -0.15) is 0 Å². The molecule has 0 atom stereocenters. The summed E-state index contributed by atoms with van der Waals surface area (Å²) in [4.78, 5) is 19.9. The molecule has 1 amide bonds. The van der Waals surface area contributed by atoms with Gasteiger partial charge in [0.1, 0.15) is 11.5 Å². The monoisotopic (exact) mass is 443 g/mol. The Morgan fingerprint density at radius 2 is 1.90 bits per heavy atom. The van der Waals surface area contributed by atoms with Gasteiger partial charge in [0, 0.05) is 17.0 Å². The third-order valence-electron chi connectivity index (χ3n) is 4.58. The van der Waals surface area contributed by atoms with Crippen molar-refractivity contribution in [2.24, 2.45) is 0 Å². The molecule has 1 N–H and O–H groups in total. The van der Waals surface area contributed by atoms with Crippen molar-refractivity contribution in [3.05, 3.63) is 51.5 Å². The zero-order valence-corrected chi connectivity index (χ0v) is 18.3. The molecule has 1 aromatic carbocycles. The fourth-order valence-corrected chi connectivity index (χ4v) is 4.18. The molecule has 9 heteroatoms. The Balaban J connectivity index is 1.81. The number of carbonyl (C=O) groups is 1. The molecule has 4 aromatic rings. The van der Waals surface area contributed by atoms with Gasteiger partial charge in [-0.15, -0.1) is 11.3 Å². The van der Waals surface area contributed by atoms with Crippen molar-refractivity contribution < 1.29 is 18.8 Å². The van der Waals surface area contributed by atoms with E-state index in [0.29, 0.717) is 50.3 Å². The van der Waals surface area contributed by atoms with E-state index in [1.165, 1.54) is 14.2 Å². The average Bonchev–Trinajstić information content (AvgIpc) is 3.34. The predicted molar refractivity (Wildman–Crippen MR) is 117 cm³/mol. The van der Waals surface area contributed by atoms with E-state index in [-0.39, 0.29) is 5.91 Å². The van der Waals surface area contributed by atoms with Gasteiger partial charge < -0.3 is 19.3 Å². The number of anilines is 1. The van der Waals surface area contributed by atoms with Gasteiger partial charge in [0.25, 0.3) is 11.6 Å². The van der Waals surface area contributed by atoms with Crippen LogP contribution in [0, 0.1) is 13.8 Å². The maximum absolute atomic E-state index is 13.3. The van der Waals surface area contributed by atoms with Crippen LogP contribution in [-0.4, -0.2) is 30.3 Å². The van der Waals surface area contributed by atoms with Crippen molar-refractivity contribution in [1.29, 1.82) is 0 Å². The Kier molecular flexibility index (Phi) is 5.36. The van der Waals surface area contributed by atoms with Crippen LogP contribution in [0.5, 0.6) is 11.5 Å². The third-order valence-corrected chi connectivity index (χ3v) is 5.90. The summed E-state index contributed by atoms with van der Waals surface area (Å²) in [7, 11) is 3.00. The van der Waals surface area contributed by atoms with E-state index in [4.69, 9.17) is 25.6 Å². The average molecular weight is 444 g/mol. The van der Waals surface area contributed by atoms with Crippen molar-refractivity contribution in [1.82, 2.24) is 10.1 Å². The van der Waals surface area contributed by atoms with E-state index < -0.39 is 0 Å². The Bertz CT molecular complexity index is 1260. The fourth-order valence-electron chi connectivity index (χ4n) is 3.12. The number of hydrogen-bond acceptors (Lipinski definition) is 7. The molecule has 3 aromatic heterocycles. The Morgan fingerprint density at radius 1 is 1.13 bits per heavy atom. The van der Waals surface area contributed by atoms with Crippen molar-refractivity contribution in [3.63, 3.8) is 0 Å². The van der Waals surface area contributed by atoms with Crippen LogP contribution in [0.15, 0.2) is 34.9 Å². The lowest BCUT2D eigenvalue weighted by atomic mass is 10.1. The smallest absolute Gasteiger partial charge is 0.259 e. The van der Waals surface area contributed by atoms with E-state index in [1.54, 1.807) is 36.5 Å². The molecule has 0 aliphatic carbocycles. The SMILES string of the molecule is COc1cc(NC(=O)c2cc(-c3ccc(C)s3)nc3onc(C)c23)c(OC)cc1Cl. The lowest BCUT2D eigenvalue weighted by Crippen LogP contribution is -2.14. The first-order valence-corrected chi connectivity index (χ1v) is 10.2. The molecule has 7 nitrogen and oxygen atoms in total. The van der Waals surface area contributed by atoms with E-state index in [9.17, 15) is 4.79 Å². The van der Waals surface area contributed by atoms with E-state index in [0.717, 1.165) is 9.75 Å². The van der Waals surface area contributed by atoms with Gasteiger partial charge in [-0.25, -0.2) is 4.98 Å². The van der Waals surface area contributed by atoms with Crippen LogP contribution in [0.4, 0.5) is 5.69 Å². The number of carbonyl (C=O) groups excluding carboxylic acids is 1. The highest BCUT2D eigenvalue weighted by atomic mass is 35.5. The number of nitrogens with zero attached hydrogens (tertiary/aromatic N) is 2. The van der Waals surface area contributed by atoms with Crippen molar-refractivity contribution >= 4 is 45.6 Å². The minimum Gasteiger partial charge on any atom is -0.495 e. The van der Waals surface area contributed by atoms with Crippen LogP contribution in [0.25, 0.3) is 21.7 Å². The summed E-state index contributed by atoms with van der Waals surface area (Å²) < 4.78 is 16.0. The molecule has 0 spiro atoms. The van der Waals surface area contributed by atoms with E-state index >= 15 is 0 Å². The zero-order chi connectivity index (χ0) is 21.4. The molecule has 154 valence electrons. The van der Waals surface area contributed by atoms with Crippen molar-refractivity contribution in [3.8, 4) is 22.1 Å². The van der Waals surface area contributed by atoms with Crippen LogP contribution in [0.3, 0.4) is 0 Å². The first-order chi connectivity index (χ1) is 14.4. The number of rotatable bonds is 5. The second-order valence-corrected chi connectivity index (χ2v) is 8.25. The van der Waals surface area contributed by atoms with Gasteiger partial charge >= 0.3 is 0 Å². The number of pyridine rings is 1.